The van der Waals surface area contributed by atoms with Gasteiger partial charge in [0.15, 0.2) is 5.03 Å². The molecule has 0 atom stereocenters. The van der Waals surface area contributed by atoms with Gasteiger partial charge in [0.05, 0.1) is 11.7 Å². The maximum Gasteiger partial charge on any atom is 0.337 e. The van der Waals surface area contributed by atoms with Crippen LogP contribution in [0.2, 0.25) is 0 Å². The number of rotatable bonds is 5. The Bertz CT molecular complexity index is 591. The average Bonchev–Trinajstić information content (AvgIpc) is 2.48. The molecule has 0 saturated carbocycles. The van der Waals surface area contributed by atoms with Crippen LogP contribution in [0.5, 0.6) is 0 Å². The van der Waals surface area contributed by atoms with Crippen LogP contribution in [0.1, 0.15) is 30.1 Å². The Morgan fingerprint density at radius 2 is 2.10 bits per heavy atom. The number of hydrogen-bond donors (Lipinski definition) is 1. The van der Waals surface area contributed by atoms with Crippen molar-refractivity contribution in [2.75, 3.05) is 19.7 Å². The summed E-state index contributed by atoms with van der Waals surface area (Å²) in [4.78, 5) is 14.5. The maximum absolute atomic E-state index is 12.4. The van der Waals surface area contributed by atoms with Gasteiger partial charge < -0.3 is 9.84 Å². The van der Waals surface area contributed by atoms with E-state index in [1.165, 1.54) is 16.4 Å². The van der Waals surface area contributed by atoms with Crippen LogP contribution >= 0.6 is 0 Å². The fourth-order valence-corrected chi connectivity index (χ4v) is 3.65. The summed E-state index contributed by atoms with van der Waals surface area (Å²) < 4.78 is 31.7. The van der Waals surface area contributed by atoms with Gasteiger partial charge in [-0.15, -0.1) is 0 Å². The summed E-state index contributed by atoms with van der Waals surface area (Å²) in [5, 5.41) is 8.67. The summed E-state index contributed by atoms with van der Waals surface area (Å²) in [7, 11) is -3.67. The zero-order chi connectivity index (χ0) is 15.5. The Kier molecular flexibility index (Phi) is 4.92. The third kappa shape index (κ3) is 3.58. The minimum absolute atomic E-state index is 0.0380. The van der Waals surface area contributed by atoms with Crippen molar-refractivity contribution in [1.82, 2.24) is 9.29 Å². The fraction of sp³-hybridized carbons (Fsp3) is 0.538. The van der Waals surface area contributed by atoms with Crippen LogP contribution in [0.4, 0.5) is 0 Å². The van der Waals surface area contributed by atoms with E-state index in [0.717, 1.165) is 6.20 Å². The number of carboxylic acid groups (broad SMARTS) is 1. The Labute approximate surface area is 123 Å². The third-order valence-electron chi connectivity index (χ3n) is 3.39. The Morgan fingerprint density at radius 3 is 2.57 bits per heavy atom. The number of sulfonamides is 1. The molecule has 1 saturated heterocycles. The number of pyridine rings is 1. The molecule has 1 aromatic rings. The molecule has 116 valence electrons. The minimum atomic E-state index is -3.67. The highest BCUT2D eigenvalue weighted by atomic mass is 32.2. The Hall–Kier alpha value is -1.51. The molecule has 1 aliphatic rings. The van der Waals surface area contributed by atoms with Crippen LogP contribution in [0.25, 0.3) is 0 Å². The molecular formula is C13H18N2O5S. The molecule has 0 spiro atoms. The van der Waals surface area contributed by atoms with Crippen molar-refractivity contribution in [3.63, 3.8) is 0 Å². The lowest BCUT2D eigenvalue weighted by Crippen LogP contribution is -2.41. The van der Waals surface area contributed by atoms with E-state index in [1.54, 1.807) is 0 Å². The van der Waals surface area contributed by atoms with Gasteiger partial charge in [-0.25, -0.2) is 18.2 Å². The smallest absolute Gasteiger partial charge is 0.337 e. The zero-order valence-electron chi connectivity index (χ0n) is 11.7. The fourth-order valence-electron chi connectivity index (χ4n) is 2.27. The van der Waals surface area contributed by atoms with Gasteiger partial charge in [0.1, 0.15) is 0 Å². The summed E-state index contributed by atoms with van der Waals surface area (Å²) in [6, 6.07) is 2.47. The third-order valence-corrected chi connectivity index (χ3v) is 5.21. The van der Waals surface area contributed by atoms with Crippen molar-refractivity contribution in [2.24, 2.45) is 0 Å². The van der Waals surface area contributed by atoms with Crippen LogP contribution in [0.15, 0.2) is 23.4 Å². The number of carboxylic acids is 1. The molecule has 0 radical (unpaired) electrons. The minimum Gasteiger partial charge on any atom is -0.478 e. The predicted molar refractivity (Wildman–Crippen MR) is 74.6 cm³/mol. The lowest BCUT2D eigenvalue weighted by atomic mass is 10.1. The Morgan fingerprint density at radius 1 is 1.43 bits per heavy atom. The first-order valence-corrected chi connectivity index (χ1v) is 8.20. The summed E-state index contributed by atoms with van der Waals surface area (Å²) in [5.41, 5.74) is -0.0380. The van der Waals surface area contributed by atoms with Crippen molar-refractivity contribution in [3.05, 3.63) is 23.9 Å². The van der Waals surface area contributed by atoms with Crippen LogP contribution in [-0.2, 0) is 14.8 Å². The van der Waals surface area contributed by atoms with E-state index < -0.39 is 16.0 Å². The second-order valence-corrected chi connectivity index (χ2v) is 6.63. The number of piperidine rings is 1. The summed E-state index contributed by atoms with van der Waals surface area (Å²) in [5.74, 6) is -1.14. The van der Waals surface area contributed by atoms with E-state index in [4.69, 9.17) is 9.84 Å². The second-order valence-electron chi connectivity index (χ2n) is 4.75. The van der Waals surface area contributed by atoms with Gasteiger partial charge in [-0.1, -0.05) is 0 Å². The van der Waals surface area contributed by atoms with Crippen molar-refractivity contribution < 1.29 is 23.1 Å². The zero-order valence-corrected chi connectivity index (χ0v) is 12.5. The molecule has 0 aliphatic carbocycles. The summed E-state index contributed by atoms with van der Waals surface area (Å²) in [6.45, 7) is 3.30. The van der Waals surface area contributed by atoms with Crippen molar-refractivity contribution in [3.8, 4) is 0 Å². The van der Waals surface area contributed by atoms with Crippen LogP contribution < -0.4 is 0 Å². The quantitative estimate of drug-likeness (QED) is 0.870. The molecule has 0 amide bonds. The van der Waals surface area contributed by atoms with Gasteiger partial charge in [0.2, 0.25) is 0 Å². The SMILES string of the molecule is CCOC1CCN(S(=O)(=O)c2ccc(C(=O)O)cn2)CC1. The van der Waals surface area contributed by atoms with E-state index in [2.05, 4.69) is 4.98 Å². The molecule has 21 heavy (non-hydrogen) atoms. The van der Waals surface area contributed by atoms with Gasteiger partial charge in [-0.3, -0.25) is 0 Å². The monoisotopic (exact) mass is 314 g/mol. The molecule has 1 aliphatic heterocycles. The van der Waals surface area contributed by atoms with Gasteiger partial charge in [-0.05, 0) is 31.9 Å². The highest BCUT2D eigenvalue weighted by molar-refractivity contribution is 7.89. The maximum atomic E-state index is 12.4. The molecule has 2 rings (SSSR count). The van der Waals surface area contributed by atoms with E-state index in [0.29, 0.717) is 32.5 Å². The normalized spacial score (nSPS) is 17.8. The van der Waals surface area contributed by atoms with Gasteiger partial charge >= 0.3 is 5.97 Å². The molecule has 1 aromatic heterocycles. The van der Waals surface area contributed by atoms with E-state index in [-0.39, 0.29) is 16.7 Å². The van der Waals surface area contributed by atoms with Gasteiger partial charge in [0, 0.05) is 25.9 Å². The summed E-state index contributed by atoms with van der Waals surface area (Å²) >= 11 is 0. The largest absolute Gasteiger partial charge is 0.478 e. The average molecular weight is 314 g/mol. The molecule has 8 heteroatoms. The van der Waals surface area contributed by atoms with Crippen LogP contribution in [0.3, 0.4) is 0 Å². The molecule has 0 unspecified atom stereocenters. The second kappa shape index (κ2) is 6.50. The predicted octanol–water partition coefficient (Wildman–Crippen LogP) is 0.969. The van der Waals surface area contributed by atoms with E-state index >= 15 is 0 Å². The van der Waals surface area contributed by atoms with Gasteiger partial charge in [-0.2, -0.15) is 4.31 Å². The molecule has 2 heterocycles. The molecule has 7 nitrogen and oxygen atoms in total. The van der Waals surface area contributed by atoms with Crippen molar-refractivity contribution in [1.29, 1.82) is 0 Å². The first-order chi connectivity index (χ1) is 9.95. The first-order valence-electron chi connectivity index (χ1n) is 6.76. The topological polar surface area (TPSA) is 96.8 Å². The lowest BCUT2D eigenvalue weighted by molar-refractivity contribution is 0.0289. The molecule has 1 fully saturated rings. The number of nitrogens with zero attached hydrogens (tertiary/aromatic N) is 2. The number of hydrogen-bond acceptors (Lipinski definition) is 5. The highest BCUT2D eigenvalue weighted by Gasteiger charge is 2.30. The molecule has 0 bridgehead atoms. The van der Waals surface area contributed by atoms with Gasteiger partial charge in [0.25, 0.3) is 10.0 Å². The van der Waals surface area contributed by atoms with Crippen molar-refractivity contribution >= 4 is 16.0 Å². The number of aromatic carboxylic acids is 1. The molecule has 1 N–H and O–H groups in total. The molecule has 0 aromatic carbocycles. The van der Waals surface area contributed by atoms with Crippen LogP contribution in [-0.4, -0.2) is 54.6 Å². The standard InChI is InChI=1S/C13H18N2O5S/c1-2-20-11-5-7-15(8-6-11)21(18,19)12-4-3-10(9-14-12)13(16)17/h3-4,9,11H,2,5-8H2,1H3,(H,16,17). The number of ether oxygens (including phenoxy) is 1. The van der Waals surface area contributed by atoms with E-state index in [1.807, 2.05) is 6.92 Å². The van der Waals surface area contributed by atoms with Crippen molar-refractivity contribution in [2.45, 2.75) is 30.9 Å². The number of carbonyl (C=O) groups is 1. The highest BCUT2D eigenvalue weighted by Crippen LogP contribution is 2.21. The first kappa shape index (κ1) is 15.9. The van der Waals surface area contributed by atoms with Crippen LogP contribution in [0, 0.1) is 0 Å². The van der Waals surface area contributed by atoms with E-state index in [9.17, 15) is 13.2 Å². The summed E-state index contributed by atoms with van der Waals surface area (Å²) in [6.07, 6.45) is 2.46. The molecular weight excluding hydrogens is 296 g/mol. The number of aromatic nitrogens is 1. The Balaban J connectivity index is 2.10. The lowest BCUT2D eigenvalue weighted by Gasteiger charge is -2.30.